The zero-order valence-electron chi connectivity index (χ0n) is 10.8. The fraction of sp³-hybridized carbons (Fsp3) is 0.385. The molecule has 5 nitrogen and oxygen atoms in total. The van der Waals surface area contributed by atoms with Gasteiger partial charge in [-0.3, -0.25) is 9.59 Å². The molecule has 0 aromatic heterocycles. The number of hydrogen-bond donors (Lipinski definition) is 3. The van der Waals surface area contributed by atoms with Crippen molar-refractivity contribution in [1.82, 2.24) is 5.32 Å². The van der Waals surface area contributed by atoms with Crippen LogP contribution >= 0.6 is 0 Å². The monoisotopic (exact) mass is 250 g/mol. The fourth-order valence-electron chi connectivity index (χ4n) is 1.37. The molecule has 0 unspecified atom stereocenters. The van der Waals surface area contributed by atoms with E-state index in [4.69, 9.17) is 5.11 Å². The predicted molar refractivity (Wildman–Crippen MR) is 69.2 cm³/mol. The van der Waals surface area contributed by atoms with E-state index in [0.717, 1.165) is 11.1 Å². The van der Waals surface area contributed by atoms with Crippen LogP contribution in [0.2, 0.25) is 0 Å². The normalized spacial score (nSPS) is 11.8. The highest BCUT2D eigenvalue weighted by atomic mass is 16.3. The van der Waals surface area contributed by atoms with Crippen LogP contribution in [-0.2, 0) is 9.59 Å². The summed E-state index contributed by atoms with van der Waals surface area (Å²) in [6, 6.07) is 5.60. The van der Waals surface area contributed by atoms with Crippen LogP contribution in [0.3, 0.4) is 0 Å². The zero-order chi connectivity index (χ0) is 13.7. The Morgan fingerprint density at radius 1 is 1.28 bits per heavy atom. The first-order chi connectivity index (χ1) is 8.40. The van der Waals surface area contributed by atoms with Crippen molar-refractivity contribution in [3.63, 3.8) is 0 Å². The topological polar surface area (TPSA) is 78.4 Å². The molecule has 98 valence electrons. The van der Waals surface area contributed by atoms with Crippen molar-refractivity contribution in [1.29, 1.82) is 0 Å². The Kier molecular flexibility index (Phi) is 4.85. The molecule has 0 saturated heterocycles. The van der Waals surface area contributed by atoms with E-state index >= 15 is 0 Å². The molecule has 1 aromatic rings. The summed E-state index contributed by atoms with van der Waals surface area (Å²) in [6.45, 7) is 5.34. The summed E-state index contributed by atoms with van der Waals surface area (Å²) >= 11 is 0. The SMILES string of the molecule is Cc1ccc(C)c(NC(=O)C(=O)NC[C@@H](C)O)c1. The number of aryl methyl sites for hydroxylation is 2. The summed E-state index contributed by atoms with van der Waals surface area (Å²) in [7, 11) is 0. The first kappa shape index (κ1) is 14.2. The molecule has 0 aliphatic carbocycles. The van der Waals surface area contributed by atoms with Crippen LogP contribution in [0, 0.1) is 13.8 Å². The average molecular weight is 250 g/mol. The minimum absolute atomic E-state index is 0.0546. The first-order valence-corrected chi connectivity index (χ1v) is 5.74. The van der Waals surface area contributed by atoms with E-state index < -0.39 is 17.9 Å². The van der Waals surface area contributed by atoms with E-state index in [1.807, 2.05) is 26.0 Å². The van der Waals surface area contributed by atoms with Gasteiger partial charge in [0.05, 0.1) is 6.10 Å². The summed E-state index contributed by atoms with van der Waals surface area (Å²) in [4.78, 5) is 23.0. The Morgan fingerprint density at radius 2 is 1.94 bits per heavy atom. The molecule has 0 bridgehead atoms. The zero-order valence-corrected chi connectivity index (χ0v) is 10.8. The third-order valence-corrected chi connectivity index (χ3v) is 2.41. The molecule has 1 aromatic carbocycles. The molecule has 0 aliphatic heterocycles. The van der Waals surface area contributed by atoms with Crippen molar-refractivity contribution in [3.05, 3.63) is 29.3 Å². The molecule has 0 radical (unpaired) electrons. The predicted octanol–water partition coefficient (Wildman–Crippen LogP) is 0.739. The van der Waals surface area contributed by atoms with Gasteiger partial charge in [-0.05, 0) is 38.0 Å². The fourth-order valence-corrected chi connectivity index (χ4v) is 1.37. The van der Waals surface area contributed by atoms with Gasteiger partial charge >= 0.3 is 11.8 Å². The second kappa shape index (κ2) is 6.16. The lowest BCUT2D eigenvalue weighted by molar-refractivity contribution is -0.136. The smallest absolute Gasteiger partial charge is 0.313 e. The minimum atomic E-state index is -0.753. The van der Waals surface area contributed by atoms with Crippen molar-refractivity contribution in [3.8, 4) is 0 Å². The number of rotatable bonds is 3. The van der Waals surface area contributed by atoms with Crippen molar-refractivity contribution in [2.24, 2.45) is 0 Å². The van der Waals surface area contributed by atoms with Crippen LogP contribution in [-0.4, -0.2) is 29.6 Å². The number of anilines is 1. The highest BCUT2D eigenvalue weighted by molar-refractivity contribution is 6.39. The molecule has 5 heteroatoms. The van der Waals surface area contributed by atoms with Gasteiger partial charge in [0, 0.05) is 12.2 Å². The minimum Gasteiger partial charge on any atom is -0.392 e. The molecule has 0 spiro atoms. The second-order valence-corrected chi connectivity index (χ2v) is 4.33. The number of aliphatic hydroxyl groups excluding tert-OH is 1. The Labute approximate surface area is 106 Å². The standard InChI is InChI=1S/C13H18N2O3/c1-8-4-5-9(2)11(6-8)15-13(18)12(17)14-7-10(3)16/h4-6,10,16H,7H2,1-3H3,(H,14,17)(H,15,18)/t10-/m1/s1. The van der Waals surface area contributed by atoms with E-state index in [-0.39, 0.29) is 6.54 Å². The number of carbonyl (C=O) groups is 2. The quantitative estimate of drug-likeness (QED) is 0.692. The van der Waals surface area contributed by atoms with Gasteiger partial charge in [0.2, 0.25) is 0 Å². The summed E-state index contributed by atoms with van der Waals surface area (Å²) in [6.07, 6.45) is -0.678. The third kappa shape index (κ3) is 4.18. The number of benzene rings is 1. The number of amides is 2. The highest BCUT2D eigenvalue weighted by Crippen LogP contribution is 2.15. The van der Waals surface area contributed by atoms with E-state index in [1.54, 1.807) is 6.07 Å². The van der Waals surface area contributed by atoms with Gasteiger partial charge in [-0.25, -0.2) is 0 Å². The lowest BCUT2D eigenvalue weighted by Gasteiger charge is -2.10. The summed E-state index contributed by atoms with van der Waals surface area (Å²) in [5.41, 5.74) is 2.50. The van der Waals surface area contributed by atoms with E-state index in [1.165, 1.54) is 6.92 Å². The van der Waals surface area contributed by atoms with Crippen LogP contribution in [0.5, 0.6) is 0 Å². The molecule has 1 atom stereocenters. The molecule has 18 heavy (non-hydrogen) atoms. The molecule has 0 heterocycles. The van der Waals surface area contributed by atoms with Crippen molar-refractivity contribution in [2.75, 3.05) is 11.9 Å². The van der Waals surface area contributed by atoms with Crippen LogP contribution in [0.25, 0.3) is 0 Å². The maximum atomic E-state index is 11.6. The third-order valence-electron chi connectivity index (χ3n) is 2.41. The average Bonchev–Trinajstić information content (AvgIpc) is 2.30. The number of nitrogens with one attached hydrogen (secondary N) is 2. The van der Waals surface area contributed by atoms with Gasteiger partial charge in [0.1, 0.15) is 0 Å². The van der Waals surface area contributed by atoms with Crippen LogP contribution in [0.1, 0.15) is 18.1 Å². The highest BCUT2D eigenvalue weighted by Gasteiger charge is 2.14. The van der Waals surface area contributed by atoms with Crippen LogP contribution < -0.4 is 10.6 Å². The summed E-state index contributed by atoms with van der Waals surface area (Å²) in [5.74, 6) is -1.49. The Hall–Kier alpha value is -1.88. The van der Waals surface area contributed by atoms with E-state index in [2.05, 4.69) is 10.6 Å². The molecule has 3 N–H and O–H groups in total. The van der Waals surface area contributed by atoms with Gasteiger partial charge in [-0.1, -0.05) is 12.1 Å². The molecule has 0 saturated carbocycles. The second-order valence-electron chi connectivity index (χ2n) is 4.33. The van der Waals surface area contributed by atoms with Gasteiger partial charge in [-0.15, -0.1) is 0 Å². The maximum absolute atomic E-state index is 11.6. The molecule has 1 rings (SSSR count). The van der Waals surface area contributed by atoms with Gasteiger partial charge in [0.25, 0.3) is 0 Å². The van der Waals surface area contributed by atoms with Gasteiger partial charge < -0.3 is 15.7 Å². The maximum Gasteiger partial charge on any atom is 0.313 e. The molecule has 0 fully saturated rings. The van der Waals surface area contributed by atoms with Gasteiger partial charge in [0.15, 0.2) is 0 Å². The molecule has 0 aliphatic rings. The van der Waals surface area contributed by atoms with Gasteiger partial charge in [-0.2, -0.15) is 0 Å². The molecular weight excluding hydrogens is 232 g/mol. The number of hydrogen-bond acceptors (Lipinski definition) is 3. The summed E-state index contributed by atoms with van der Waals surface area (Å²) < 4.78 is 0. The largest absolute Gasteiger partial charge is 0.392 e. The number of aliphatic hydroxyl groups is 1. The lowest BCUT2D eigenvalue weighted by Crippen LogP contribution is -2.38. The van der Waals surface area contributed by atoms with Crippen LogP contribution in [0.4, 0.5) is 5.69 Å². The summed E-state index contributed by atoms with van der Waals surface area (Å²) in [5, 5.41) is 13.9. The van der Waals surface area contributed by atoms with Crippen LogP contribution in [0.15, 0.2) is 18.2 Å². The van der Waals surface area contributed by atoms with Crippen molar-refractivity contribution < 1.29 is 14.7 Å². The van der Waals surface area contributed by atoms with Crippen molar-refractivity contribution >= 4 is 17.5 Å². The van der Waals surface area contributed by atoms with E-state index in [0.29, 0.717) is 5.69 Å². The molecule has 2 amide bonds. The molecular formula is C13H18N2O3. The number of carbonyl (C=O) groups excluding carboxylic acids is 2. The van der Waals surface area contributed by atoms with E-state index in [9.17, 15) is 9.59 Å². The Morgan fingerprint density at radius 3 is 2.56 bits per heavy atom. The first-order valence-electron chi connectivity index (χ1n) is 5.74. The Balaban J connectivity index is 2.64. The van der Waals surface area contributed by atoms with Crippen molar-refractivity contribution in [2.45, 2.75) is 26.9 Å². The Bertz CT molecular complexity index is 456. The lowest BCUT2D eigenvalue weighted by atomic mass is 10.1.